The summed E-state index contributed by atoms with van der Waals surface area (Å²) in [5.41, 5.74) is 0.733. The molecule has 0 spiro atoms. The van der Waals surface area contributed by atoms with Gasteiger partial charge in [-0.2, -0.15) is 0 Å². The average molecular weight is 1090 g/mol. The fourth-order valence-corrected chi connectivity index (χ4v) is 11.0. The first kappa shape index (κ1) is 62.7. The van der Waals surface area contributed by atoms with Crippen LogP contribution in [-0.2, 0) is 59.1 Å². The number of ether oxygens (including phenoxy) is 1. The quantitative estimate of drug-likeness (QED) is 0.250. The van der Waals surface area contributed by atoms with Crippen LogP contribution in [0.4, 0.5) is 0 Å². The molecule has 10 amide bonds. The van der Waals surface area contributed by atoms with Gasteiger partial charge in [-0.3, -0.25) is 47.9 Å². The molecule has 0 saturated carbocycles. The van der Waals surface area contributed by atoms with Gasteiger partial charge in [0.05, 0.1) is 13.1 Å². The number of hydrogen-bond acceptors (Lipinski definition) is 11. The maximum absolute atomic E-state index is 14.9. The number of amides is 10. The van der Waals surface area contributed by atoms with Crippen molar-refractivity contribution in [3.63, 3.8) is 0 Å². The van der Waals surface area contributed by atoms with Gasteiger partial charge >= 0.3 is 0 Å². The summed E-state index contributed by atoms with van der Waals surface area (Å²) in [6.07, 6.45) is 3.56. The highest BCUT2D eigenvalue weighted by Gasteiger charge is 2.44. The SMILES string of the molecule is CCN1CC(=O)N[C@@H](CC(C)C)C(=O)N(C)[C@@H](C)C(=O)N[C@@H](CC(C)C)C(=O)N2CCC[C@@H]2C(=O)N(CC2CCOCC2)CC(=O)N[C@@H](CC(C)C)C(=O)N(C)[C@@H](C)C(=O)N[C@@H](Cc2ccccc2)C(=O)N2CCC[C@@H]2C1=O. The Morgan fingerprint density at radius 1 is 0.526 bits per heavy atom. The van der Waals surface area contributed by atoms with Crippen molar-refractivity contribution >= 4 is 59.1 Å². The molecule has 0 aromatic heterocycles. The number of benzene rings is 1. The summed E-state index contributed by atoms with van der Waals surface area (Å²) in [5.74, 6) is -5.76. The Hall–Kier alpha value is -6.12. The van der Waals surface area contributed by atoms with E-state index in [9.17, 15) is 47.9 Å². The minimum absolute atomic E-state index is 0.00873. The van der Waals surface area contributed by atoms with E-state index in [1.165, 1.54) is 57.3 Å². The summed E-state index contributed by atoms with van der Waals surface area (Å²) < 4.78 is 5.61. The zero-order valence-corrected chi connectivity index (χ0v) is 48.2. The number of nitrogens with zero attached hydrogens (tertiary/aromatic N) is 6. The van der Waals surface area contributed by atoms with E-state index in [1.54, 1.807) is 6.92 Å². The molecule has 4 heterocycles. The second-order valence-electron chi connectivity index (χ2n) is 23.2. The van der Waals surface area contributed by atoms with Crippen LogP contribution in [0, 0.1) is 23.7 Å². The smallest absolute Gasteiger partial charge is 0.246 e. The minimum Gasteiger partial charge on any atom is -0.381 e. The Labute approximate surface area is 462 Å². The minimum atomic E-state index is -1.17. The van der Waals surface area contributed by atoms with Gasteiger partial charge in [0, 0.05) is 59.9 Å². The topological polar surface area (TPSA) is 247 Å². The Balaban J connectivity index is 1.54. The maximum Gasteiger partial charge on any atom is 0.246 e. The molecule has 4 aliphatic heterocycles. The molecule has 4 saturated heterocycles. The molecule has 0 radical (unpaired) electrons. The summed E-state index contributed by atoms with van der Waals surface area (Å²) in [6.45, 7) is 17.0. The lowest BCUT2D eigenvalue weighted by Crippen LogP contribution is -2.60. The molecule has 4 N–H and O–H groups in total. The van der Waals surface area contributed by atoms with Gasteiger partial charge in [0.2, 0.25) is 59.1 Å². The van der Waals surface area contributed by atoms with E-state index < -0.39 is 120 Å². The Bertz CT molecular complexity index is 2270. The van der Waals surface area contributed by atoms with Crippen LogP contribution in [0.15, 0.2) is 30.3 Å². The molecule has 0 bridgehead atoms. The van der Waals surface area contributed by atoms with Crippen molar-refractivity contribution in [3.05, 3.63) is 35.9 Å². The largest absolute Gasteiger partial charge is 0.381 e. The molecule has 4 fully saturated rings. The first-order valence-electron chi connectivity index (χ1n) is 28.4. The van der Waals surface area contributed by atoms with Crippen molar-refractivity contribution in [3.8, 4) is 0 Å². The molecular weight excluding hydrogens is 1000 g/mol. The van der Waals surface area contributed by atoms with E-state index in [0.29, 0.717) is 51.7 Å². The Morgan fingerprint density at radius 2 is 0.936 bits per heavy atom. The van der Waals surface area contributed by atoms with Crippen LogP contribution in [0.25, 0.3) is 0 Å². The highest BCUT2D eigenvalue weighted by molar-refractivity contribution is 5.99. The van der Waals surface area contributed by atoms with Gasteiger partial charge in [-0.1, -0.05) is 71.9 Å². The number of likely N-dealkylation sites (N-methyl/N-ethyl adjacent to an activating group) is 3. The highest BCUT2D eigenvalue weighted by Crippen LogP contribution is 2.26. The number of nitrogens with one attached hydrogen (secondary N) is 4. The third kappa shape index (κ3) is 16.9. The number of hydrogen-bond donors (Lipinski definition) is 4. The van der Waals surface area contributed by atoms with Gasteiger partial charge < -0.3 is 55.4 Å². The van der Waals surface area contributed by atoms with Crippen molar-refractivity contribution < 1.29 is 52.7 Å². The second-order valence-corrected chi connectivity index (χ2v) is 23.2. The molecule has 0 unspecified atom stereocenters. The van der Waals surface area contributed by atoms with Crippen LogP contribution < -0.4 is 21.3 Å². The van der Waals surface area contributed by atoms with E-state index in [2.05, 4.69) is 21.3 Å². The molecule has 0 aliphatic carbocycles. The molecule has 5 rings (SSSR count). The van der Waals surface area contributed by atoms with Gasteiger partial charge in [0.1, 0.15) is 48.3 Å². The lowest BCUT2D eigenvalue weighted by molar-refractivity contribution is -0.149. The number of rotatable bonds is 11. The Morgan fingerprint density at radius 3 is 1.38 bits per heavy atom. The van der Waals surface area contributed by atoms with Crippen LogP contribution >= 0.6 is 0 Å². The van der Waals surface area contributed by atoms with E-state index in [-0.39, 0.29) is 75.5 Å². The van der Waals surface area contributed by atoms with Crippen LogP contribution in [0.3, 0.4) is 0 Å². The molecule has 1 aromatic carbocycles. The maximum atomic E-state index is 14.9. The van der Waals surface area contributed by atoms with Crippen LogP contribution in [0.5, 0.6) is 0 Å². The summed E-state index contributed by atoms with van der Waals surface area (Å²) in [4.78, 5) is 153. The van der Waals surface area contributed by atoms with Crippen molar-refractivity contribution in [1.82, 2.24) is 50.7 Å². The van der Waals surface area contributed by atoms with E-state index >= 15 is 0 Å². The standard InChI is InChI=1S/C57H90N10O11/c1-12-64-33-48(68)58-42(28-35(2)3)52(72)62(10)38(8)50(70)60-44(30-37(6)7)54(74)67-25-17-21-47(67)57(77)65(32-41-22-26-78-27-23-41)34-49(69)59-43(29-36(4)5)53(73)63(11)39(9)51(71)61-45(31-40-18-14-13-15-19-40)55(75)66-24-16-20-46(66)56(64)76/h13-15,18-19,35-39,41-47H,12,16-17,20-34H2,1-11H3,(H,58,68)(H,59,69)(H,60,70)(H,61,71)/t38-,39-,42-,43-,44-,45-,46+,47+/m0/s1. The van der Waals surface area contributed by atoms with Gasteiger partial charge in [0.25, 0.3) is 0 Å². The first-order chi connectivity index (χ1) is 36.9. The van der Waals surface area contributed by atoms with Crippen molar-refractivity contribution in [1.29, 1.82) is 0 Å². The van der Waals surface area contributed by atoms with E-state index in [4.69, 9.17) is 4.74 Å². The molecule has 8 atom stereocenters. The number of fused-ring (bicyclic) bond motifs is 2. The lowest BCUT2D eigenvalue weighted by Gasteiger charge is -2.36. The van der Waals surface area contributed by atoms with E-state index in [0.717, 1.165) is 5.56 Å². The first-order valence-corrected chi connectivity index (χ1v) is 28.4. The fraction of sp³-hybridized carbons (Fsp3) is 0.719. The molecule has 21 nitrogen and oxygen atoms in total. The van der Waals surface area contributed by atoms with Crippen molar-refractivity contribution in [2.75, 3.05) is 66.6 Å². The third-order valence-corrected chi connectivity index (χ3v) is 15.7. The van der Waals surface area contributed by atoms with Gasteiger partial charge in [0.15, 0.2) is 0 Å². The zero-order chi connectivity index (χ0) is 57.5. The molecular formula is C57H90N10O11. The molecule has 4 aliphatic rings. The molecule has 21 heteroatoms. The van der Waals surface area contributed by atoms with Gasteiger partial charge in [-0.25, -0.2) is 0 Å². The summed E-state index contributed by atoms with van der Waals surface area (Å²) in [5, 5.41) is 11.5. The van der Waals surface area contributed by atoms with E-state index in [1.807, 2.05) is 71.9 Å². The van der Waals surface area contributed by atoms with Crippen molar-refractivity contribution in [2.24, 2.45) is 23.7 Å². The lowest BCUT2D eigenvalue weighted by atomic mass is 9.98. The van der Waals surface area contributed by atoms with Gasteiger partial charge in [-0.15, -0.1) is 0 Å². The zero-order valence-electron chi connectivity index (χ0n) is 48.2. The molecule has 1 aromatic rings. The fourth-order valence-electron chi connectivity index (χ4n) is 11.0. The summed E-state index contributed by atoms with van der Waals surface area (Å²) in [7, 11) is 2.91. The number of carbonyl (C=O) groups is 10. The molecule has 434 valence electrons. The molecule has 78 heavy (non-hydrogen) atoms. The van der Waals surface area contributed by atoms with Gasteiger partial charge in [-0.05, 0) is 108 Å². The predicted octanol–water partition coefficient (Wildman–Crippen LogP) is 2.10. The number of carbonyl (C=O) groups excluding carboxylic acids is 10. The predicted molar refractivity (Wildman–Crippen MR) is 293 cm³/mol. The van der Waals surface area contributed by atoms with Crippen LogP contribution in [0.2, 0.25) is 0 Å². The average Bonchev–Trinajstić information content (AvgIpc) is 4.13. The van der Waals surface area contributed by atoms with Crippen molar-refractivity contribution in [2.45, 2.75) is 175 Å². The second kappa shape index (κ2) is 29.2. The summed E-state index contributed by atoms with van der Waals surface area (Å²) >= 11 is 0. The third-order valence-electron chi connectivity index (χ3n) is 15.7. The van der Waals surface area contributed by atoms with Crippen LogP contribution in [0.1, 0.15) is 126 Å². The highest BCUT2D eigenvalue weighted by atomic mass is 16.5. The van der Waals surface area contributed by atoms with Crippen LogP contribution in [-0.4, -0.2) is 203 Å². The summed E-state index contributed by atoms with van der Waals surface area (Å²) in [6, 6.07) is 0.471. The Kier molecular flexibility index (Phi) is 23.5. The monoisotopic (exact) mass is 1090 g/mol. The normalized spacial score (nSPS) is 27.4.